The maximum atomic E-state index is 3.37. The van der Waals surface area contributed by atoms with Gasteiger partial charge in [-0.1, -0.05) is 20.8 Å². The molecule has 3 heteroatoms. The fourth-order valence-corrected chi connectivity index (χ4v) is 2.67. The molecule has 0 bridgehead atoms. The summed E-state index contributed by atoms with van der Waals surface area (Å²) in [6, 6.07) is 0. The maximum Gasteiger partial charge on any atom is 0.0189 e. The summed E-state index contributed by atoms with van der Waals surface area (Å²) in [5.41, 5.74) is 0. The molecule has 0 aromatic carbocycles. The second-order valence-corrected chi connectivity index (χ2v) is 5.97. The first-order valence-electron chi connectivity index (χ1n) is 3.96. The lowest BCUT2D eigenvalue weighted by Gasteiger charge is -2.21. The summed E-state index contributed by atoms with van der Waals surface area (Å²) < 4.78 is 0.441. The summed E-state index contributed by atoms with van der Waals surface area (Å²) >= 11 is 2.10. The quantitative estimate of drug-likeness (QED) is 0.690. The standard InChI is InChI=1S/C8H17NS.ClH/c1-8(2,3)10-7-4-5-9-6-7;/h7,9H,4-6H2,1-3H3;1H/t7-;/m1./s1. The van der Waals surface area contributed by atoms with E-state index in [1.165, 1.54) is 19.5 Å². The van der Waals surface area contributed by atoms with Gasteiger partial charge in [-0.25, -0.2) is 0 Å². The van der Waals surface area contributed by atoms with Gasteiger partial charge in [-0.05, 0) is 13.0 Å². The smallest absolute Gasteiger partial charge is 0.0189 e. The molecule has 0 aromatic heterocycles. The summed E-state index contributed by atoms with van der Waals surface area (Å²) in [6.07, 6.45) is 1.35. The van der Waals surface area contributed by atoms with Gasteiger partial charge in [-0.15, -0.1) is 12.4 Å². The number of thioether (sulfide) groups is 1. The van der Waals surface area contributed by atoms with Gasteiger partial charge >= 0.3 is 0 Å². The van der Waals surface area contributed by atoms with Crippen LogP contribution in [0.1, 0.15) is 27.2 Å². The lowest BCUT2D eigenvalue weighted by atomic mass is 10.3. The van der Waals surface area contributed by atoms with Gasteiger partial charge in [-0.2, -0.15) is 11.8 Å². The molecule has 11 heavy (non-hydrogen) atoms. The van der Waals surface area contributed by atoms with E-state index in [1.54, 1.807) is 0 Å². The molecule has 1 aliphatic rings. The van der Waals surface area contributed by atoms with Crippen molar-refractivity contribution in [1.82, 2.24) is 5.32 Å². The third kappa shape index (κ3) is 4.94. The van der Waals surface area contributed by atoms with Gasteiger partial charge < -0.3 is 5.32 Å². The van der Waals surface area contributed by atoms with Crippen molar-refractivity contribution >= 4 is 24.2 Å². The highest BCUT2D eigenvalue weighted by atomic mass is 35.5. The number of nitrogens with one attached hydrogen (secondary N) is 1. The minimum atomic E-state index is 0. The van der Waals surface area contributed by atoms with E-state index in [0.717, 1.165) is 5.25 Å². The Hall–Kier alpha value is 0.600. The number of hydrogen-bond acceptors (Lipinski definition) is 2. The molecule has 0 spiro atoms. The lowest BCUT2D eigenvalue weighted by Crippen LogP contribution is -2.17. The molecular weight excluding hydrogens is 178 g/mol. The average molecular weight is 196 g/mol. The SMILES string of the molecule is CC(C)(C)S[C@@H]1CCNC1.Cl. The topological polar surface area (TPSA) is 12.0 Å². The molecule has 1 nitrogen and oxygen atoms in total. The highest BCUT2D eigenvalue weighted by Crippen LogP contribution is 2.30. The van der Waals surface area contributed by atoms with E-state index in [9.17, 15) is 0 Å². The minimum Gasteiger partial charge on any atom is -0.316 e. The molecular formula is C8H18ClNS. The molecule has 1 N–H and O–H groups in total. The van der Waals surface area contributed by atoms with Gasteiger partial charge in [0.15, 0.2) is 0 Å². The van der Waals surface area contributed by atoms with Crippen molar-refractivity contribution in [1.29, 1.82) is 0 Å². The van der Waals surface area contributed by atoms with E-state index >= 15 is 0 Å². The first kappa shape index (κ1) is 11.6. The Morgan fingerprint density at radius 1 is 1.36 bits per heavy atom. The highest BCUT2D eigenvalue weighted by molar-refractivity contribution is 8.01. The molecule has 1 heterocycles. The molecule has 0 amide bonds. The van der Waals surface area contributed by atoms with E-state index in [1.807, 2.05) is 0 Å². The zero-order chi connectivity index (χ0) is 7.61. The van der Waals surface area contributed by atoms with Crippen LogP contribution < -0.4 is 5.32 Å². The van der Waals surface area contributed by atoms with E-state index < -0.39 is 0 Å². The third-order valence-corrected chi connectivity index (χ3v) is 2.98. The first-order chi connectivity index (χ1) is 4.58. The zero-order valence-corrected chi connectivity index (χ0v) is 9.15. The van der Waals surface area contributed by atoms with Crippen LogP contribution in [0.2, 0.25) is 0 Å². The first-order valence-corrected chi connectivity index (χ1v) is 4.84. The summed E-state index contributed by atoms with van der Waals surface area (Å²) in [5.74, 6) is 0. The van der Waals surface area contributed by atoms with Crippen LogP contribution in [0, 0.1) is 0 Å². The van der Waals surface area contributed by atoms with Gasteiger partial charge in [0.05, 0.1) is 0 Å². The molecule has 1 rings (SSSR count). The monoisotopic (exact) mass is 195 g/mol. The number of hydrogen-bond donors (Lipinski definition) is 1. The highest BCUT2D eigenvalue weighted by Gasteiger charge is 2.21. The molecule has 1 aliphatic heterocycles. The Balaban J connectivity index is 0.000001000. The lowest BCUT2D eigenvalue weighted by molar-refractivity contribution is 0.787. The second-order valence-electron chi connectivity index (χ2n) is 3.85. The van der Waals surface area contributed by atoms with Crippen LogP contribution >= 0.6 is 24.2 Å². The molecule has 68 valence electrons. The Kier molecular flexibility index (Phi) is 4.83. The molecule has 0 saturated carbocycles. The normalized spacial score (nSPS) is 24.8. The molecule has 0 aromatic rings. The van der Waals surface area contributed by atoms with Crippen LogP contribution in [0.3, 0.4) is 0 Å². The van der Waals surface area contributed by atoms with Crippen molar-refractivity contribution in [2.75, 3.05) is 13.1 Å². The number of rotatable bonds is 1. The maximum absolute atomic E-state index is 3.37. The van der Waals surface area contributed by atoms with Gasteiger partial charge in [0.1, 0.15) is 0 Å². The molecule has 1 saturated heterocycles. The predicted molar refractivity (Wildman–Crippen MR) is 55.9 cm³/mol. The second kappa shape index (κ2) is 4.58. The zero-order valence-electron chi connectivity index (χ0n) is 7.52. The van der Waals surface area contributed by atoms with Crippen LogP contribution in [0.25, 0.3) is 0 Å². The number of halogens is 1. The van der Waals surface area contributed by atoms with Crippen molar-refractivity contribution < 1.29 is 0 Å². The van der Waals surface area contributed by atoms with E-state index in [0.29, 0.717) is 4.75 Å². The van der Waals surface area contributed by atoms with Gasteiger partial charge in [0.2, 0.25) is 0 Å². The molecule has 0 radical (unpaired) electrons. The van der Waals surface area contributed by atoms with Crippen LogP contribution in [0.4, 0.5) is 0 Å². The summed E-state index contributed by atoms with van der Waals surface area (Å²) in [5, 5.41) is 4.24. The molecule has 1 fully saturated rings. The van der Waals surface area contributed by atoms with Crippen molar-refractivity contribution in [2.45, 2.75) is 37.2 Å². The predicted octanol–water partition coefficient (Wildman–Crippen LogP) is 2.30. The van der Waals surface area contributed by atoms with E-state index in [-0.39, 0.29) is 12.4 Å². The Morgan fingerprint density at radius 3 is 2.36 bits per heavy atom. The van der Waals surface area contributed by atoms with Crippen molar-refractivity contribution in [3.05, 3.63) is 0 Å². The fraction of sp³-hybridized carbons (Fsp3) is 1.00. The van der Waals surface area contributed by atoms with Crippen molar-refractivity contribution in [3.63, 3.8) is 0 Å². The van der Waals surface area contributed by atoms with Crippen molar-refractivity contribution in [2.24, 2.45) is 0 Å². The van der Waals surface area contributed by atoms with E-state index in [2.05, 4.69) is 37.8 Å². The molecule has 0 aliphatic carbocycles. The largest absolute Gasteiger partial charge is 0.316 e. The fourth-order valence-electron chi connectivity index (χ4n) is 1.23. The van der Waals surface area contributed by atoms with Crippen LogP contribution in [-0.2, 0) is 0 Å². The Morgan fingerprint density at radius 2 is 2.00 bits per heavy atom. The third-order valence-electron chi connectivity index (χ3n) is 1.54. The molecule has 0 unspecified atom stereocenters. The van der Waals surface area contributed by atoms with Crippen LogP contribution in [0.15, 0.2) is 0 Å². The van der Waals surface area contributed by atoms with Crippen molar-refractivity contribution in [3.8, 4) is 0 Å². The Bertz CT molecular complexity index is 105. The van der Waals surface area contributed by atoms with Gasteiger partial charge in [0, 0.05) is 16.5 Å². The van der Waals surface area contributed by atoms with E-state index in [4.69, 9.17) is 0 Å². The average Bonchev–Trinajstić information content (AvgIpc) is 2.12. The summed E-state index contributed by atoms with van der Waals surface area (Å²) in [7, 11) is 0. The summed E-state index contributed by atoms with van der Waals surface area (Å²) in [4.78, 5) is 0. The van der Waals surface area contributed by atoms with Gasteiger partial charge in [-0.3, -0.25) is 0 Å². The molecule has 1 atom stereocenters. The Labute approximate surface area is 80.1 Å². The summed E-state index contributed by atoms with van der Waals surface area (Å²) in [6.45, 7) is 9.29. The minimum absolute atomic E-state index is 0. The van der Waals surface area contributed by atoms with Crippen LogP contribution in [-0.4, -0.2) is 23.1 Å². The van der Waals surface area contributed by atoms with Gasteiger partial charge in [0.25, 0.3) is 0 Å². The van der Waals surface area contributed by atoms with Crippen LogP contribution in [0.5, 0.6) is 0 Å².